The van der Waals surface area contributed by atoms with Gasteiger partial charge in [0.25, 0.3) is 0 Å². The molecule has 0 bridgehead atoms. The molecule has 0 amide bonds. The third kappa shape index (κ3) is 2.18. The molecule has 1 saturated carbocycles. The van der Waals surface area contributed by atoms with Crippen molar-refractivity contribution >= 4 is 5.71 Å². The highest BCUT2D eigenvalue weighted by molar-refractivity contribution is 5.83. The van der Waals surface area contributed by atoms with Crippen LogP contribution >= 0.6 is 0 Å². The topological polar surface area (TPSA) is 110 Å². The van der Waals surface area contributed by atoms with Crippen LogP contribution in [0.1, 0.15) is 26.2 Å². The lowest BCUT2D eigenvalue weighted by Gasteiger charge is -2.47. The van der Waals surface area contributed by atoms with Gasteiger partial charge in [0.15, 0.2) is 6.29 Å². The second kappa shape index (κ2) is 4.64. The summed E-state index contributed by atoms with van der Waals surface area (Å²) >= 11 is 0. The number of quaternary nitrogens is 1. The Hall–Kier alpha value is -0.730. The minimum absolute atomic E-state index is 0.00619. The Bertz CT molecular complexity index is 285. The van der Waals surface area contributed by atoms with Crippen molar-refractivity contribution in [1.29, 1.82) is 0 Å². The normalized spacial score (nSPS) is 45.2. The molecule has 16 heavy (non-hydrogen) atoms. The molecular formula is C9H19N5O2. The van der Waals surface area contributed by atoms with Crippen molar-refractivity contribution < 1.29 is 10.4 Å². The zero-order valence-corrected chi connectivity index (χ0v) is 9.31. The predicted octanol–water partition coefficient (Wildman–Crippen LogP) is -1.89. The van der Waals surface area contributed by atoms with E-state index in [0.717, 1.165) is 19.3 Å². The van der Waals surface area contributed by atoms with Gasteiger partial charge in [-0.3, -0.25) is 16.2 Å². The van der Waals surface area contributed by atoms with E-state index in [2.05, 4.69) is 15.9 Å². The van der Waals surface area contributed by atoms with Gasteiger partial charge in [-0.25, -0.2) is 0 Å². The highest BCUT2D eigenvalue weighted by Crippen LogP contribution is 2.25. The second-order valence-electron chi connectivity index (χ2n) is 4.62. The first kappa shape index (κ1) is 11.7. The third-order valence-corrected chi connectivity index (χ3v) is 3.63. The van der Waals surface area contributed by atoms with Crippen LogP contribution in [0.4, 0.5) is 0 Å². The molecule has 92 valence electrons. The summed E-state index contributed by atoms with van der Waals surface area (Å²) in [4.78, 5) is 0. The summed E-state index contributed by atoms with van der Waals surface area (Å²) in [7, 11) is 0. The van der Waals surface area contributed by atoms with E-state index in [0.29, 0.717) is 5.71 Å². The highest BCUT2D eigenvalue weighted by Gasteiger charge is 2.40. The minimum atomic E-state index is -0.432. The molecule has 2 fully saturated rings. The fourth-order valence-electron chi connectivity index (χ4n) is 2.65. The predicted molar refractivity (Wildman–Crippen MR) is 58.4 cm³/mol. The van der Waals surface area contributed by atoms with E-state index in [1.54, 1.807) is 6.92 Å². The van der Waals surface area contributed by atoms with Gasteiger partial charge in [-0.05, 0) is 19.8 Å². The average molecular weight is 229 g/mol. The average Bonchev–Trinajstić information content (AvgIpc) is 2.27. The maximum absolute atomic E-state index is 11.8. The van der Waals surface area contributed by atoms with Crippen LogP contribution in [0.15, 0.2) is 5.16 Å². The van der Waals surface area contributed by atoms with Gasteiger partial charge in [0.2, 0.25) is 0 Å². The quantitative estimate of drug-likeness (QED) is 0.156. The first-order valence-electron chi connectivity index (χ1n) is 5.62. The maximum Gasteiger partial charge on any atom is 0.156 e. The summed E-state index contributed by atoms with van der Waals surface area (Å²) in [5.74, 6) is 0.202. The zero-order chi connectivity index (χ0) is 11.7. The number of nitrogens with two attached hydrogens (primary N) is 1. The van der Waals surface area contributed by atoms with Crippen LogP contribution in [0.5, 0.6) is 0 Å². The molecule has 2 rings (SSSR count). The van der Waals surface area contributed by atoms with E-state index in [9.17, 15) is 5.21 Å². The van der Waals surface area contributed by atoms with E-state index in [4.69, 9.17) is 10.9 Å². The molecule has 1 aliphatic heterocycles. The van der Waals surface area contributed by atoms with Crippen LogP contribution in [-0.4, -0.2) is 29.3 Å². The van der Waals surface area contributed by atoms with Crippen molar-refractivity contribution in [3.63, 3.8) is 0 Å². The Kier molecular flexibility index (Phi) is 3.41. The molecule has 1 aliphatic carbocycles. The van der Waals surface area contributed by atoms with E-state index in [-0.39, 0.29) is 23.2 Å². The molecule has 6 N–H and O–H groups in total. The van der Waals surface area contributed by atoms with Gasteiger partial charge < -0.3 is 10.4 Å². The lowest BCUT2D eigenvalue weighted by atomic mass is 9.80. The molecule has 0 aromatic carbocycles. The number of rotatable bonds is 1. The fraction of sp³-hybridized carbons (Fsp3) is 0.889. The van der Waals surface area contributed by atoms with Gasteiger partial charge in [0, 0.05) is 12.3 Å². The molecule has 0 spiro atoms. The lowest BCUT2D eigenvalue weighted by Crippen LogP contribution is -3.23. The van der Waals surface area contributed by atoms with Crippen LogP contribution in [0.2, 0.25) is 0 Å². The van der Waals surface area contributed by atoms with Crippen molar-refractivity contribution in [3.8, 4) is 0 Å². The van der Waals surface area contributed by atoms with Crippen molar-refractivity contribution in [2.75, 3.05) is 0 Å². The Labute approximate surface area is 94.2 Å². The van der Waals surface area contributed by atoms with Crippen molar-refractivity contribution in [1.82, 2.24) is 10.7 Å². The smallest absolute Gasteiger partial charge is 0.156 e. The molecule has 7 nitrogen and oxygen atoms in total. The summed E-state index contributed by atoms with van der Waals surface area (Å²) in [6.45, 7) is 1.80. The monoisotopic (exact) mass is 229 g/mol. The number of hydrogen-bond acceptors (Lipinski definition) is 6. The SMILES string of the molecule is C/C(=N\O)C1CCC2NC(N)N[NH+]([O-])C2C1. The first-order valence-corrected chi connectivity index (χ1v) is 5.62. The Morgan fingerprint density at radius 1 is 1.56 bits per heavy atom. The maximum atomic E-state index is 11.8. The van der Waals surface area contributed by atoms with Gasteiger partial charge in [0.05, 0.1) is 11.8 Å². The molecular weight excluding hydrogens is 210 g/mol. The molecule has 0 aromatic heterocycles. The first-order chi connectivity index (χ1) is 7.61. The van der Waals surface area contributed by atoms with Crippen LogP contribution in [0.3, 0.4) is 0 Å². The van der Waals surface area contributed by atoms with E-state index >= 15 is 0 Å². The minimum Gasteiger partial charge on any atom is -0.613 e. The highest BCUT2D eigenvalue weighted by atomic mass is 16.5. The number of nitrogens with zero attached hydrogens (tertiary/aromatic N) is 1. The molecule has 5 unspecified atom stereocenters. The molecule has 0 aromatic rings. The number of hydroxylamine groups is 1. The van der Waals surface area contributed by atoms with Gasteiger partial charge in [-0.1, -0.05) is 5.16 Å². The van der Waals surface area contributed by atoms with Crippen LogP contribution in [0, 0.1) is 11.1 Å². The zero-order valence-electron chi connectivity index (χ0n) is 9.31. The Balaban J connectivity index is 2.03. The Morgan fingerprint density at radius 2 is 2.31 bits per heavy atom. The lowest BCUT2D eigenvalue weighted by molar-refractivity contribution is -0.934. The van der Waals surface area contributed by atoms with Crippen molar-refractivity contribution in [2.24, 2.45) is 16.8 Å². The molecule has 1 saturated heterocycles. The van der Waals surface area contributed by atoms with Gasteiger partial charge in [0.1, 0.15) is 6.04 Å². The molecule has 1 heterocycles. The standard InChI is InChI=1S/C9H19N5O2/c1-5(13-15)6-2-3-7-8(4-6)14(16)12-9(10)11-7/h6-9,11-12,14-15H,2-4,10H2,1H3/b13-5+. The molecule has 5 atom stereocenters. The van der Waals surface area contributed by atoms with Gasteiger partial charge in [-0.2, -0.15) is 0 Å². The fourth-order valence-corrected chi connectivity index (χ4v) is 2.65. The number of hydrogen-bond donors (Lipinski definition) is 5. The largest absolute Gasteiger partial charge is 0.613 e. The van der Waals surface area contributed by atoms with E-state index < -0.39 is 6.29 Å². The molecule has 2 aliphatic rings. The van der Waals surface area contributed by atoms with E-state index in [1.165, 1.54) is 0 Å². The second-order valence-corrected chi connectivity index (χ2v) is 4.62. The van der Waals surface area contributed by atoms with Gasteiger partial charge in [-0.15, -0.1) is 5.43 Å². The van der Waals surface area contributed by atoms with Crippen molar-refractivity contribution in [3.05, 3.63) is 5.21 Å². The molecule has 7 heteroatoms. The third-order valence-electron chi connectivity index (χ3n) is 3.63. The summed E-state index contributed by atoms with van der Waals surface area (Å²) < 4.78 is 0. The number of nitrogens with one attached hydrogen (secondary N) is 3. The Morgan fingerprint density at radius 3 is 3.00 bits per heavy atom. The van der Waals surface area contributed by atoms with Gasteiger partial charge >= 0.3 is 0 Å². The van der Waals surface area contributed by atoms with Crippen LogP contribution in [-0.2, 0) is 0 Å². The van der Waals surface area contributed by atoms with E-state index in [1.807, 2.05) is 0 Å². The van der Waals surface area contributed by atoms with Crippen molar-refractivity contribution in [2.45, 2.75) is 44.6 Å². The molecule has 0 radical (unpaired) electrons. The summed E-state index contributed by atoms with van der Waals surface area (Å²) in [6, 6.07) is 0.0988. The number of oxime groups is 1. The summed E-state index contributed by atoms with van der Waals surface area (Å²) in [6.07, 6.45) is 2.12. The number of fused-ring (bicyclic) bond motifs is 1. The van der Waals surface area contributed by atoms with Crippen LogP contribution < -0.4 is 21.6 Å². The van der Waals surface area contributed by atoms with Crippen LogP contribution in [0.25, 0.3) is 0 Å². The summed E-state index contributed by atoms with van der Waals surface area (Å²) in [5, 5.41) is 26.9. The summed E-state index contributed by atoms with van der Waals surface area (Å²) in [5.41, 5.74) is 9.04.